The van der Waals surface area contributed by atoms with Crippen molar-refractivity contribution in [3.8, 4) is 16.9 Å². The van der Waals surface area contributed by atoms with Crippen LogP contribution in [0.15, 0.2) is 48.5 Å². The molecule has 28 heavy (non-hydrogen) atoms. The van der Waals surface area contributed by atoms with Gasteiger partial charge in [-0.05, 0) is 42.3 Å². The van der Waals surface area contributed by atoms with Crippen molar-refractivity contribution in [3.05, 3.63) is 54.1 Å². The molecule has 1 atom stereocenters. The molecule has 1 unspecified atom stereocenters. The van der Waals surface area contributed by atoms with Crippen LogP contribution in [0.25, 0.3) is 11.1 Å². The predicted molar refractivity (Wildman–Crippen MR) is 103 cm³/mol. The van der Waals surface area contributed by atoms with Crippen molar-refractivity contribution in [3.63, 3.8) is 0 Å². The molecule has 0 radical (unpaired) electrons. The second kappa shape index (κ2) is 8.53. The monoisotopic (exact) mass is 385 g/mol. The summed E-state index contributed by atoms with van der Waals surface area (Å²) in [5.41, 5.74) is 1.65. The SMILES string of the molecule is CNC(=O)C(C)(C(=O)NO)N(C)C(=O)c1ccc(-c2ccc(OC)cc2)cc1. The topological polar surface area (TPSA) is 108 Å². The molecule has 0 aromatic heterocycles. The lowest BCUT2D eigenvalue weighted by atomic mass is 9.96. The summed E-state index contributed by atoms with van der Waals surface area (Å²) >= 11 is 0. The molecule has 0 spiro atoms. The van der Waals surface area contributed by atoms with Crippen LogP contribution in [0.2, 0.25) is 0 Å². The third kappa shape index (κ3) is 3.81. The zero-order chi connectivity index (χ0) is 20.9. The molecule has 3 amide bonds. The van der Waals surface area contributed by atoms with E-state index in [0.29, 0.717) is 5.56 Å². The third-order valence-corrected chi connectivity index (χ3v) is 4.74. The molecule has 8 heteroatoms. The van der Waals surface area contributed by atoms with Gasteiger partial charge >= 0.3 is 0 Å². The standard InChI is InChI=1S/C20H23N3O5/c1-20(18(25)21-2,19(26)22-27)23(3)17(24)15-7-5-13(6-8-15)14-9-11-16(28-4)12-10-14/h5-12,27H,1-4H3,(H,21,25)(H,22,26). The van der Waals surface area contributed by atoms with Crippen molar-refractivity contribution in [1.29, 1.82) is 0 Å². The Hall–Kier alpha value is -3.39. The summed E-state index contributed by atoms with van der Waals surface area (Å²) in [7, 11) is 4.26. The predicted octanol–water partition coefficient (Wildman–Crippen LogP) is 1.44. The molecule has 0 saturated heterocycles. The maximum atomic E-state index is 12.8. The molecule has 2 rings (SSSR count). The highest BCUT2D eigenvalue weighted by atomic mass is 16.5. The fourth-order valence-corrected chi connectivity index (χ4v) is 2.75. The Morgan fingerprint density at radius 1 is 0.964 bits per heavy atom. The Morgan fingerprint density at radius 2 is 1.46 bits per heavy atom. The number of hydrogen-bond donors (Lipinski definition) is 3. The number of carbonyl (C=O) groups excluding carboxylic acids is 3. The van der Waals surface area contributed by atoms with Gasteiger partial charge in [-0.3, -0.25) is 19.6 Å². The average Bonchev–Trinajstić information content (AvgIpc) is 2.76. The number of benzene rings is 2. The van der Waals surface area contributed by atoms with E-state index in [0.717, 1.165) is 21.8 Å². The minimum Gasteiger partial charge on any atom is -0.497 e. The first kappa shape index (κ1) is 20.9. The number of nitrogens with one attached hydrogen (secondary N) is 2. The average molecular weight is 385 g/mol. The van der Waals surface area contributed by atoms with E-state index >= 15 is 0 Å². The van der Waals surface area contributed by atoms with E-state index in [-0.39, 0.29) is 0 Å². The number of rotatable bonds is 6. The number of nitrogens with zero attached hydrogens (tertiary/aromatic N) is 1. The second-order valence-electron chi connectivity index (χ2n) is 6.26. The van der Waals surface area contributed by atoms with Crippen molar-refractivity contribution in [1.82, 2.24) is 15.7 Å². The number of hydrogen-bond acceptors (Lipinski definition) is 5. The molecule has 0 aliphatic heterocycles. The summed E-state index contributed by atoms with van der Waals surface area (Å²) in [5.74, 6) is -1.55. The number of hydroxylamine groups is 1. The van der Waals surface area contributed by atoms with Gasteiger partial charge in [0.15, 0.2) is 5.54 Å². The third-order valence-electron chi connectivity index (χ3n) is 4.74. The highest BCUT2D eigenvalue weighted by Gasteiger charge is 2.47. The van der Waals surface area contributed by atoms with Crippen LogP contribution in [0.5, 0.6) is 5.75 Å². The van der Waals surface area contributed by atoms with Gasteiger partial charge in [0.25, 0.3) is 17.7 Å². The minimum absolute atomic E-state index is 0.292. The summed E-state index contributed by atoms with van der Waals surface area (Å²) in [5, 5.41) is 11.3. The highest BCUT2D eigenvalue weighted by Crippen LogP contribution is 2.24. The van der Waals surface area contributed by atoms with Gasteiger partial charge in [0, 0.05) is 19.7 Å². The van der Waals surface area contributed by atoms with Crippen LogP contribution in [0.4, 0.5) is 0 Å². The molecule has 8 nitrogen and oxygen atoms in total. The Morgan fingerprint density at radius 3 is 1.89 bits per heavy atom. The van der Waals surface area contributed by atoms with Gasteiger partial charge in [-0.25, -0.2) is 5.48 Å². The number of carbonyl (C=O) groups is 3. The summed E-state index contributed by atoms with van der Waals surface area (Å²) in [6.07, 6.45) is 0. The van der Waals surface area contributed by atoms with Crippen LogP contribution >= 0.6 is 0 Å². The van der Waals surface area contributed by atoms with Crippen molar-refractivity contribution in [2.75, 3.05) is 21.2 Å². The lowest BCUT2D eigenvalue weighted by Gasteiger charge is -2.34. The quantitative estimate of drug-likeness (QED) is 0.396. The van der Waals surface area contributed by atoms with E-state index in [4.69, 9.17) is 9.94 Å². The van der Waals surface area contributed by atoms with Crippen LogP contribution in [0.3, 0.4) is 0 Å². The minimum atomic E-state index is -1.92. The van der Waals surface area contributed by atoms with Crippen LogP contribution in [0.1, 0.15) is 17.3 Å². The summed E-state index contributed by atoms with van der Waals surface area (Å²) in [6.45, 7) is 1.25. The second-order valence-corrected chi connectivity index (χ2v) is 6.26. The van der Waals surface area contributed by atoms with Gasteiger partial charge in [-0.1, -0.05) is 24.3 Å². The molecular weight excluding hydrogens is 362 g/mol. The fourth-order valence-electron chi connectivity index (χ4n) is 2.75. The van der Waals surface area contributed by atoms with E-state index in [1.807, 2.05) is 24.3 Å². The lowest BCUT2D eigenvalue weighted by Crippen LogP contribution is -2.64. The molecule has 0 aliphatic rings. The number of methoxy groups -OCH3 is 1. The molecule has 0 bridgehead atoms. The van der Waals surface area contributed by atoms with Gasteiger partial charge in [-0.2, -0.15) is 0 Å². The first-order chi connectivity index (χ1) is 13.3. The van der Waals surface area contributed by atoms with Gasteiger partial charge in [0.05, 0.1) is 7.11 Å². The molecule has 2 aromatic carbocycles. The van der Waals surface area contributed by atoms with E-state index in [2.05, 4.69) is 5.32 Å². The molecule has 0 saturated carbocycles. The molecule has 148 valence electrons. The van der Waals surface area contributed by atoms with E-state index in [1.54, 1.807) is 31.4 Å². The molecule has 2 aromatic rings. The summed E-state index contributed by atoms with van der Waals surface area (Å²) < 4.78 is 5.14. The lowest BCUT2D eigenvalue weighted by molar-refractivity contribution is -0.148. The molecule has 3 N–H and O–H groups in total. The van der Waals surface area contributed by atoms with Crippen molar-refractivity contribution < 1.29 is 24.3 Å². The highest BCUT2D eigenvalue weighted by molar-refractivity contribution is 6.12. The summed E-state index contributed by atoms with van der Waals surface area (Å²) in [4.78, 5) is 38.1. The molecule has 0 heterocycles. The molecule has 0 fully saturated rings. The Labute approximate surface area is 163 Å². The van der Waals surface area contributed by atoms with E-state index < -0.39 is 23.3 Å². The van der Waals surface area contributed by atoms with Crippen molar-refractivity contribution in [2.45, 2.75) is 12.5 Å². The zero-order valence-electron chi connectivity index (χ0n) is 16.1. The normalized spacial score (nSPS) is 12.5. The van der Waals surface area contributed by atoms with E-state index in [9.17, 15) is 14.4 Å². The van der Waals surface area contributed by atoms with Gasteiger partial charge < -0.3 is 15.0 Å². The molecule has 0 aliphatic carbocycles. The van der Waals surface area contributed by atoms with Crippen LogP contribution in [-0.2, 0) is 9.59 Å². The fraction of sp³-hybridized carbons (Fsp3) is 0.250. The smallest absolute Gasteiger partial charge is 0.278 e. The van der Waals surface area contributed by atoms with Gasteiger partial charge in [-0.15, -0.1) is 0 Å². The number of ether oxygens (including phenoxy) is 1. The van der Waals surface area contributed by atoms with Crippen LogP contribution in [0, 0.1) is 0 Å². The van der Waals surface area contributed by atoms with Gasteiger partial charge in [0.2, 0.25) is 0 Å². The van der Waals surface area contributed by atoms with E-state index in [1.165, 1.54) is 26.5 Å². The summed E-state index contributed by atoms with van der Waals surface area (Å²) in [6, 6.07) is 14.2. The van der Waals surface area contributed by atoms with Crippen LogP contribution in [-0.4, -0.2) is 54.6 Å². The Kier molecular flexibility index (Phi) is 6.37. The number of likely N-dealkylation sites (N-methyl/N-ethyl adjacent to an activating group) is 2. The maximum Gasteiger partial charge on any atom is 0.278 e. The van der Waals surface area contributed by atoms with Crippen molar-refractivity contribution >= 4 is 17.7 Å². The van der Waals surface area contributed by atoms with Gasteiger partial charge in [0.1, 0.15) is 5.75 Å². The molecular formula is C20H23N3O5. The zero-order valence-corrected chi connectivity index (χ0v) is 16.1. The Bertz CT molecular complexity index is 846. The van der Waals surface area contributed by atoms with Crippen molar-refractivity contribution in [2.24, 2.45) is 0 Å². The van der Waals surface area contributed by atoms with Crippen LogP contribution < -0.4 is 15.5 Å². The largest absolute Gasteiger partial charge is 0.497 e. The first-order valence-electron chi connectivity index (χ1n) is 8.49. The first-order valence-corrected chi connectivity index (χ1v) is 8.49. The number of amides is 3. The Balaban J connectivity index is 2.29. The maximum absolute atomic E-state index is 12.8.